The van der Waals surface area contributed by atoms with Gasteiger partial charge in [0.05, 0.1) is 66.2 Å². The lowest BCUT2D eigenvalue weighted by molar-refractivity contribution is -0.123. The van der Waals surface area contributed by atoms with E-state index >= 15 is 0 Å². The third-order valence-electron chi connectivity index (χ3n) is 8.29. The number of methoxy groups -OCH3 is 1. The van der Waals surface area contributed by atoms with Crippen LogP contribution in [0.4, 0.5) is 21.6 Å². The Kier molecular flexibility index (Phi) is 15.1. The van der Waals surface area contributed by atoms with Gasteiger partial charge in [-0.15, -0.1) is 0 Å². The molecule has 17 heteroatoms. The maximum atomic E-state index is 13.6. The van der Waals surface area contributed by atoms with Crippen LogP contribution in [-0.4, -0.2) is 88.3 Å². The van der Waals surface area contributed by atoms with Crippen molar-refractivity contribution in [3.63, 3.8) is 0 Å². The predicted octanol–water partition coefficient (Wildman–Crippen LogP) is 7.82. The van der Waals surface area contributed by atoms with Crippen LogP contribution in [0, 0.1) is 5.82 Å². The summed E-state index contributed by atoms with van der Waals surface area (Å²) in [4.78, 5) is 33.5. The van der Waals surface area contributed by atoms with E-state index in [4.69, 9.17) is 40.0 Å². The zero-order valence-electron chi connectivity index (χ0n) is 30.5. The molecule has 298 valence electrons. The molecule has 13 nitrogen and oxygen atoms in total. The number of hydrogen-bond donors (Lipinski definition) is 3. The topological polar surface area (TPSA) is 151 Å². The number of hydrogen-bond acceptors (Lipinski definition) is 11. The molecule has 1 aliphatic rings. The summed E-state index contributed by atoms with van der Waals surface area (Å²) >= 11 is 13.0. The number of carbonyl (C=O) groups is 2. The van der Waals surface area contributed by atoms with E-state index in [1.165, 1.54) is 18.5 Å². The summed E-state index contributed by atoms with van der Waals surface area (Å²) in [5, 5.41) is 9.43. The van der Waals surface area contributed by atoms with Crippen LogP contribution in [0.15, 0.2) is 82.0 Å². The summed E-state index contributed by atoms with van der Waals surface area (Å²) in [5.41, 5.74) is 4.15. The molecule has 1 aromatic heterocycles. The van der Waals surface area contributed by atoms with E-state index in [2.05, 4.69) is 57.8 Å². The molecule has 2 amide bonds. The summed E-state index contributed by atoms with van der Waals surface area (Å²) in [6.07, 6.45) is 3.22. The summed E-state index contributed by atoms with van der Waals surface area (Å²) in [5.74, 6) is 0.944. The second-order valence-electron chi connectivity index (χ2n) is 12.2. The molecule has 1 aliphatic heterocycles. The van der Waals surface area contributed by atoms with Crippen LogP contribution in [0.25, 0.3) is 22.6 Å². The smallest absolute Gasteiger partial charge is 0.258 e. The number of halogens is 4. The Bertz CT molecular complexity index is 2240. The molecule has 0 bridgehead atoms. The Morgan fingerprint density at radius 3 is 2.33 bits per heavy atom. The molecule has 6 rings (SSSR count). The van der Waals surface area contributed by atoms with Crippen molar-refractivity contribution in [2.45, 2.75) is 0 Å². The minimum Gasteiger partial charge on any atom is -0.493 e. The van der Waals surface area contributed by atoms with Crippen LogP contribution in [0.1, 0.15) is 11.1 Å². The molecule has 4 aromatic carbocycles. The number of nitrogens with one attached hydrogen (secondary N) is 3. The van der Waals surface area contributed by atoms with Crippen LogP contribution < -0.4 is 30.2 Å². The molecule has 0 aliphatic carbocycles. The van der Waals surface area contributed by atoms with Gasteiger partial charge in [-0.1, -0.05) is 29.8 Å². The van der Waals surface area contributed by atoms with Gasteiger partial charge >= 0.3 is 0 Å². The second kappa shape index (κ2) is 20.5. The first-order valence-electron chi connectivity index (χ1n) is 17.6. The third kappa shape index (κ3) is 11.4. The van der Waals surface area contributed by atoms with E-state index in [9.17, 15) is 14.0 Å². The number of carbonyl (C=O) groups excluding carboxylic acids is 2. The van der Waals surface area contributed by atoms with Crippen molar-refractivity contribution >= 4 is 95.0 Å². The van der Waals surface area contributed by atoms with Gasteiger partial charge in [-0.2, -0.15) is 0 Å². The molecule has 0 atom stereocenters. The lowest BCUT2D eigenvalue weighted by Gasteiger charge is -2.14. The predicted molar refractivity (Wildman–Crippen MR) is 222 cm³/mol. The van der Waals surface area contributed by atoms with Crippen LogP contribution in [0.5, 0.6) is 17.2 Å². The van der Waals surface area contributed by atoms with E-state index < -0.39 is 5.82 Å². The largest absolute Gasteiger partial charge is 0.493 e. The van der Waals surface area contributed by atoms with E-state index in [0.717, 1.165) is 16.8 Å². The SMILES string of the molecule is COc1cc2ncnc(Nc3ccc(F)c(Cl)c3)c2cc1OCCOCCOCCOCCNC(=O)COc1c(Br)cc(/C=C2\C(=O)Nc3ccccc32)cc1Br. The molecular weight excluding hydrogens is 893 g/mol. The fraction of sp³-hybridized carbons (Fsp3) is 0.250. The number of fused-ring (bicyclic) bond motifs is 2. The highest BCUT2D eigenvalue weighted by Crippen LogP contribution is 2.38. The van der Waals surface area contributed by atoms with Crippen molar-refractivity contribution in [1.82, 2.24) is 15.3 Å². The van der Waals surface area contributed by atoms with Gasteiger partial charge in [0.25, 0.3) is 11.8 Å². The van der Waals surface area contributed by atoms with Gasteiger partial charge in [0, 0.05) is 40.5 Å². The van der Waals surface area contributed by atoms with Gasteiger partial charge in [0.1, 0.15) is 30.3 Å². The van der Waals surface area contributed by atoms with Crippen molar-refractivity contribution < 1.29 is 42.4 Å². The van der Waals surface area contributed by atoms with E-state index in [-0.39, 0.29) is 30.1 Å². The monoisotopic (exact) mass is 927 g/mol. The summed E-state index contributed by atoms with van der Waals surface area (Å²) < 4.78 is 48.8. The molecule has 3 N–H and O–H groups in total. The van der Waals surface area contributed by atoms with Gasteiger partial charge in [-0.05, 0) is 86.0 Å². The van der Waals surface area contributed by atoms with Crippen LogP contribution in [0.3, 0.4) is 0 Å². The average Bonchev–Trinajstić information content (AvgIpc) is 3.51. The molecule has 0 saturated heterocycles. The molecule has 0 radical (unpaired) electrons. The molecule has 0 unspecified atom stereocenters. The number of aromatic nitrogens is 2. The standard InChI is InChI=1S/C40H37Br2ClFN5O8/c1-52-35-21-34-28(39(47-23-46-34)48-25-6-7-32(44)31(43)19-25)20-36(35)56-15-14-55-13-12-54-11-10-53-9-8-45-37(50)22-57-38-29(41)17-24(18-30(38)42)16-27-26-4-2-3-5-33(26)49-40(27)51/h2-7,16-21,23H,8-15,22H2,1H3,(H,45,50)(H,49,51)(H,46,47,48)/b27-16-. The van der Waals surface area contributed by atoms with E-state index in [1.807, 2.05) is 36.4 Å². The maximum Gasteiger partial charge on any atom is 0.258 e. The first-order valence-corrected chi connectivity index (χ1v) is 19.6. The molecule has 5 aromatic rings. The first-order chi connectivity index (χ1) is 27.7. The molecule has 2 heterocycles. The fourth-order valence-corrected chi connectivity index (χ4v) is 7.23. The van der Waals surface area contributed by atoms with Crippen molar-refractivity contribution in [1.29, 1.82) is 0 Å². The number of amides is 2. The number of rotatable bonds is 20. The number of para-hydroxylation sites is 1. The number of ether oxygens (including phenoxy) is 6. The Balaban J connectivity index is 0.822. The van der Waals surface area contributed by atoms with Crippen LogP contribution in [0.2, 0.25) is 5.02 Å². The molecule has 57 heavy (non-hydrogen) atoms. The van der Waals surface area contributed by atoms with E-state index in [1.54, 1.807) is 31.4 Å². The van der Waals surface area contributed by atoms with Crippen LogP contribution in [-0.2, 0) is 23.8 Å². The molecule has 0 spiro atoms. The second-order valence-corrected chi connectivity index (χ2v) is 14.3. The molecular formula is C40H37Br2ClFN5O8. The molecule has 0 fully saturated rings. The van der Waals surface area contributed by atoms with Gasteiger partial charge < -0.3 is 44.4 Å². The third-order valence-corrected chi connectivity index (χ3v) is 9.76. The lowest BCUT2D eigenvalue weighted by atomic mass is 10.0. The zero-order chi connectivity index (χ0) is 40.1. The van der Waals surface area contributed by atoms with Crippen molar-refractivity contribution in [3.05, 3.63) is 104 Å². The zero-order valence-corrected chi connectivity index (χ0v) is 34.5. The fourth-order valence-electron chi connectivity index (χ4n) is 5.60. The van der Waals surface area contributed by atoms with Crippen LogP contribution >= 0.6 is 43.5 Å². The van der Waals surface area contributed by atoms with Crippen molar-refractivity contribution in [3.8, 4) is 17.2 Å². The molecule has 0 saturated carbocycles. The number of anilines is 3. The summed E-state index contributed by atoms with van der Waals surface area (Å²) in [6, 6.07) is 19.0. The number of benzene rings is 4. The van der Waals surface area contributed by atoms with Crippen molar-refractivity contribution in [2.75, 3.05) is 77.1 Å². The van der Waals surface area contributed by atoms with Gasteiger partial charge in [0.15, 0.2) is 18.1 Å². The quantitative estimate of drug-likeness (QED) is 0.0518. The Morgan fingerprint density at radius 1 is 0.877 bits per heavy atom. The van der Waals surface area contributed by atoms with Gasteiger partial charge in [0.2, 0.25) is 0 Å². The highest BCUT2D eigenvalue weighted by Gasteiger charge is 2.24. The highest BCUT2D eigenvalue weighted by molar-refractivity contribution is 9.11. The first kappa shape index (κ1) is 41.8. The van der Waals surface area contributed by atoms with Gasteiger partial charge in [-0.25, -0.2) is 14.4 Å². The van der Waals surface area contributed by atoms with Crippen molar-refractivity contribution in [2.24, 2.45) is 0 Å². The Morgan fingerprint density at radius 2 is 1.60 bits per heavy atom. The summed E-state index contributed by atoms with van der Waals surface area (Å²) in [7, 11) is 1.54. The highest BCUT2D eigenvalue weighted by atomic mass is 79.9. The summed E-state index contributed by atoms with van der Waals surface area (Å²) in [6.45, 7) is 2.40. The average molecular weight is 930 g/mol. The maximum absolute atomic E-state index is 13.6. The van der Waals surface area contributed by atoms with E-state index in [0.29, 0.717) is 100 Å². The number of nitrogens with zero attached hydrogens (tertiary/aromatic N) is 2. The van der Waals surface area contributed by atoms with Gasteiger partial charge in [-0.3, -0.25) is 9.59 Å². The lowest BCUT2D eigenvalue weighted by Crippen LogP contribution is -2.32. The minimum atomic E-state index is -0.515. The normalized spacial score (nSPS) is 12.7. The Hall–Kier alpha value is -4.84. The Labute approximate surface area is 349 Å². The minimum absolute atomic E-state index is 0.00776.